The van der Waals surface area contributed by atoms with Gasteiger partial charge >= 0.3 is 5.97 Å². The first kappa shape index (κ1) is 13.5. The predicted octanol–water partition coefficient (Wildman–Crippen LogP) is 2.64. The second kappa shape index (κ2) is 6.26. The molecule has 0 unspecified atom stereocenters. The second-order valence-corrected chi connectivity index (χ2v) is 3.73. The summed E-state index contributed by atoms with van der Waals surface area (Å²) in [5.41, 5.74) is 1.38. The van der Waals surface area contributed by atoms with E-state index in [1.54, 1.807) is 19.1 Å². The lowest BCUT2D eigenvalue weighted by atomic mass is 10.0. The van der Waals surface area contributed by atoms with Crippen LogP contribution in [0.25, 0.3) is 0 Å². The maximum Gasteiger partial charge on any atom is 0.338 e. The maximum absolute atomic E-state index is 11.8. The summed E-state index contributed by atoms with van der Waals surface area (Å²) in [6.45, 7) is 2.02. The van der Waals surface area contributed by atoms with Gasteiger partial charge in [-0.15, -0.1) is 0 Å². The molecule has 0 aliphatic heterocycles. The van der Waals surface area contributed by atoms with E-state index in [0.29, 0.717) is 34.4 Å². The molecule has 0 heterocycles. The fraction of sp³-hybridized carbons (Fsp3) is 0.333. The first-order valence-electron chi connectivity index (χ1n) is 5.02. The molecule has 1 aromatic rings. The van der Waals surface area contributed by atoms with Gasteiger partial charge in [-0.2, -0.15) is 5.26 Å². The lowest BCUT2D eigenvalue weighted by Gasteiger charge is -2.10. The van der Waals surface area contributed by atoms with E-state index in [2.05, 4.69) is 15.9 Å². The number of carbonyl (C=O) groups excluding carboxylic acids is 1. The van der Waals surface area contributed by atoms with Crippen LogP contribution in [0.15, 0.2) is 12.1 Å². The third-order valence-corrected chi connectivity index (χ3v) is 2.77. The van der Waals surface area contributed by atoms with Crippen LogP contribution in [0, 0.1) is 11.3 Å². The molecule has 17 heavy (non-hydrogen) atoms. The molecule has 0 bridgehead atoms. The molecule has 0 spiro atoms. The van der Waals surface area contributed by atoms with E-state index in [9.17, 15) is 4.79 Å². The molecule has 0 saturated carbocycles. The zero-order chi connectivity index (χ0) is 12.8. The van der Waals surface area contributed by atoms with Crippen molar-refractivity contribution in [3.63, 3.8) is 0 Å². The van der Waals surface area contributed by atoms with Gasteiger partial charge in [0, 0.05) is 5.33 Å². The molecule has 90 valence electrons. The van der Waals surface area contributed by atoms with Crippen LogP contribution in [-0.4, -0.2) is 19.7 Å². The Labute approximate surface area is 108 Å². The summed E-state index contributed by atoms with van der Waals surface area (Å²) >= 11 is 3.27. The van der Waals surface area contributed by atoms with E-state index in [0.717, 1.165) is 0 Å². The summed E-state index contributed by atoms with van der Waals surface area (Å²) in [6, 6.07) is 5.22. The molecule has 1 aromatic carbocycles. The molecule has 4 nitrogen and oxygen atoms in total. The number of nitriles is 1. The van der Waals surface area contributed by atoms with E-state index < -0.39 is 5.97 Å². The molecule has 1 rings (SSSR count). The quantitative estimate of drug-likeness (QED) is 0.633. The van der Waals surface area contributed by atoms with Crippen LogP contribution < -0.4 is 4.74 Å². The lowest BCUT2D eigenvalue weighted by molar-refractivity contribution is 0.0525. The molecule has 0 N–H and O–H groups in total. The number of carbonyl (C=O) groups is 1. The monoisotopic (exact) mass is 297 g/mol. The zero-order valence-corrected chi connectivity index (χ0v) is 11.2. The molecule has 0 atom stereocenters. The van der Waals surface area contributed by atoms with Crippen molar-refractivity contribution in [1.82, 2.24) is 0 Å². The van der Waals surface area contributed by atoms with Gasteiger partial charge in [0.2, 0.25) is 0 Å². The van der Waals surface area contributed by atoms with Crippen molar-refractivity contribution in [2.75, 3.05) is 13.7 Å². The van der Waals surface area contributed by atoms with Crippen LogP contribution in [0.1, 0.15) is 28.4 Å². The van der Waals surface area contributed by atoms with Crippen LogP contribution in [0.5, 0.6) is 5.75 Å². The summed E-state index contributed by atoms with van der Waals surface area (Å²) in [5.74, 6) is 0.0200. The van der Waals surface area contributed by atoms with E-state index in [1.165, 1.54) is 7.11 Å². The average Bonchev–Trinajstić information content (AvgIpc) is 2.37. The van der Waals surface area contributed by atoms with Crippen molar-refractivity contribution in [3.8, 4) is 11.8 Å². The third kappa shape index (κ3) is 2.98. The molecule has 0 amide bonds. The van der Waals surface area contributed by atoms with Crippen molar-refractivity contribution in [2.24, 2.45) is 0 Å². The van der Waals surface area contributed by atoms with Gasteiger partial charge in [0.25, 0.3) is 0 Å². The first-order valence-corrected chi connectivity index (χ1v) is 6.14. The molecule has 0 saturated heterocycles. The summed E-state index contributed by atoms with van der Waals surface area (Å²) in [7, 11) is 1.49. The average molecular weight is 298 g/mol. The minimum absolute atomic E-state index is 0.291. The summed E-state index contributed by atoms with van der Waals surface area (Å²) in [4.78, 5) is 11.8. The highest BCUT2D eigenvalue weighted by Crippen LogP contribution is 2.25. The third-order valence-electron chi connectivity index (χ3n) is 2.21. The number of esters is 1. The van der Waals surface area contributed by atoms with E-state index in [1.807, 2.05) is 6.07 Å². The summed E-state index contributed by atoms with van der Waals surface area (Å²) in [5, 5.41) is 9.44. The molecular formula is C12H12BrNO3. The molecular weight excluding hydrogens is 286 g/mol. The molecule has 0 fully saturated rings. The number of halogens is 1. The van der Waals surface area contributed by atoms with E-state index in [-0.39, 0.29) is 0 Å². The highest BCUT2D eigenvalue weighted by molar-refractivity contribution is 9.08. The number of hydrogen-bond acceptors (Lipinski definition) is 4. The Morgan fingerprint density at radius 1 is 1.53 bits per heavy atom. The lowest BCUT2D eigenvalue weighted by Crippen LogP contribution is -2.09. The van der Waals surface area contributed by atoms with Gasteiger partial charge in [0.05, 0.1) is 30.9 Å². The van der Waals surface area contributed by atoms with Crippen molar-refractivity contribution in [2.45, 2.75) is 12.3 Å². The fourth-order valence-corrected chi connectivity index (χ4v) is 2.00. The standard InChI is InChI=1S/C12H12BrNO3/c1-3-17-12(15)10-5-9(16-2)4-8(7-14)11(10)6-13/h4-5H,3,6H2,1-2H3. The fourth-order valence-electron chi connectivity index (χ4n) is 1.40. The van der Waals surface area contributed by atoms with Crippen LogP contribution in [-0.2, 0) is 10.1 Å². The topological polar surface area (TPSA) is 59.3 Å². The van der Waals surface area contributed by atoms with Crippen LogP contribution in [0.3, 0.4) is 0 Å². The highest BCUT2D eigenvalue weighted by atomic mass is 79.9. The van der Waals surface area contributed by atoms with Crippen molar-refractivity contribution >= 4 is 21.9 Å². The van der Waals surface area contributed by atoms with E-state index in [4.69, 9.17) is 14.7 Å². The van der Waals surface area contributed by atoms with Gasteiger partial charge in [-0.1, -0.05) is 15.9 Å². The number of ether oxygens (including phenoxy) is 2. The van der Waals surface area contributed by atoms with Crippen molar-refractivity contribution in [1.29, 1.82) is 5.26 Å². The van der Waals surface area contributed by atoms with Crippen molar-refractivity contribution in [3.05, 3.63) is 28.8 Å². The van der Waals surface area contributed by atoms with Gasteiger partial charge in [-0.3, -0.25) is 0 Å². The number of rotatable bonds is 4. The molecule has 0 aliphatic rings. The summed E-state index contributed by atoms with van der Waals surface area (Å²) in [6.07, 6.45) is 0. The van der Waals surface area contributed by atoms with Crippen LogP contribution >= 0.6 is 15.9 Å². The normalized spacial score (nSPS) is 9.53. The minimum atomic E-state index is -0.447. The number of nitrogens with zero attached hydrogens (tertiary/aromatic N) is 1. The van der Waals surface area contributed by atoms with Gasteiger partial charge in [-0.05, 0) is 24.6 Å². The maximum atomic E-state index is 11.8. The van der Waals surface area contributed by atoms with Crippen LogP contribution in [0.4, 0.5) is 0 Å². The van der Waals surface area contributed by atoms with Gasteiger partial charge in [0.1, 0.15) is 5.75 Å². The Balaban J connectivity index is 3.35. The predicted molar refractivity (Wildman–Crippen MR) is 66.3 cm³/mol. The molecule has 0 aromatic heterocycles. The minimum Gasteiger partial charge on any atom is -0.497 e. The molecule has 5 heteroatoms. The zero-order valence-electron chi connectivity index (χ0n) is 9.62. The molecule has 0 radical (unpaired) electrons. The highest BCUT2D eigenvalue weighted by Gasteiger charge is 2.17. The van der Waals surface area contributed by atoms with E-state index >= 15 is 0 Å². The Kier molecular flexibility index (Phi) is 4.98. The molecule has 0 aliphatic carbocycles. The van der Waals surface area contributed by atoms with Gasteiger partial charge in [-0.25, -0.2) is 4.79 Å². The Bertz CT molecular complexity index is 466. The Morgan fingerprint density at radius 2 is 2.24 bits per heavy atom. The van der Waals surface area contributed by atoms with Crippen molar-refractivity contribution < 1.29 is 14.3 Å². The SMILES string of the molecule is CCOC(=O)c1cc(OC)cc(C#N)c1CBr. The Morgan fingerprint density at radius 3 is 2.71 bits per heavy atom. The number of methoxy groups -OCH3 is 1. The number of benzene rings is 1. The first-order chi connectivity index (χ1) is 8.17. The number of alkyl halides is 1. The Hall–Kier alpha value is -1.54. The van der Waals surface area contributed by atoms with Crippen LogP contribution in [0.2, 0.25) is 0 Å². The number of hydrogen-bond donors (Lipinski definition) is 0. The largest absolute Gasteiger partial charge is 0.497 e. The second-order valence-electron chi connectivity index (χ2n) is 3.17. The summed E-state index contributed by atoms with van der Waals surface area (Å²) < 4.78 is 10.00. The smallest absolute Gasteiger partial charge is 0.338 e. The van der Waals surface area contributed by atoms with Gasteiger partial charge in [0.15, 0.2) is 0 Å². The van der Waals surface area contributed by atoms with Gasteiger partial charge < -0.3 is 9.47 Å².